The van der Waals surface area contributed by atoms with Crippen LogP contribution in [0.15, 0.2) is 24.3 Å². The predicted octanol–water partition coefficient (Wildman–Crippen LogP) is 2.26. The molecule has 2 N–H and O–H groups in total. The van der Waals surface area contributed by atoms with Crippen LogP contribution in [0, 0.1) is 6.92 Å². The molecule has 22 heavy (non-hydrogen) atoms. The first kappa shape index (κ1) is 14.3. The molecule has 3 rings (SSSR count). The second kappa shape index (κ2) is 5.63. The van der Waals surface area contributed by atoms with Crippen LogP contribution in [0.25, 0.3) is 0 Å². The van der Waals surface area contributed by atoms with E-state index >= 15 is 0 Å². The van der Waals surface area contributed by atoms with E-state index in [0.717, 1.165) is 35.5 Å². The van der Waals surface area contributed by atoms with Crippen LogP contribution in [-0.2, 0) is 18.3 Å². The maximum Gasteiger partial charge on any atom is 0.273 e. The molecule has 0 bridgehead atoms. The maximum absolute atomic E-state index is 12.3. The van der Waals surface area contributed by atoms with E-state index in [2.05, 4.69) is 15.7 Å². The van der Waals surface area contributed by atoms with Crippen molar-refractivity contribution in [2.75, 3.05) is 10.6 Å². The lowest BCUT2D eigenvalue weighted by atomic mass is 10.1. The molecule has 0 unspecified atom stereocenters. The van der Waals surface area contributed by atoms with Crippen LogP contribution in [0.5, 0.6) is 0 Å². The zero-order valence-electron chi connectivity index (χ0n) is 12.6. The summed E-state index contributed by atoms with van der Waals surface area (Å²) >= 11 is 0. The minimum Gasteiger partial charge on any atom is -0.326 e. The molecule has 0 aliphatic carbocycles. The molecule has 2 aromatic rings. The quantitative estimate of drug-likeness (QED) is 0.893. The molecule has 114 valence electrons. The number of carbonyl (C=O) groups is 2. The lowest BCUT2D eigenvalue weighted by Gasteiger charge is -2.10. The molecule has 1 aromatic heterocycles. The van der Waals surface area contributed by atoms with Crippen molar-refractivity contribution >= 4 is 23.2 Å². The van der Waals surface area contributed by atoms with Gasteiger partial charge in [0.25, 0.3) is 5.91 Å². The van der Waals surface area contributed by atoms with Gasteiger partial charge in [-0.2, -0.15) is 5.10 Å². The lowest BCUT2D eigenvalue weighted by molar-refractivity contribution is -0.116. The van der Waals surface area contributed by atoms with Crippen molar-refractivity contribution in [2.24, 2.45) is 7.05 Å². The highest BCUT2D eigenvalue weighted by Crippen LogP contribution is 2.25. The molecule has 1 aliphatic heterocycles. The van der Waals surface area contributed by atoms with Gasteiger partial charge in [-0.25, -0.2) is 0 Å². The number of benzene rings is 1. The summed E-state index contributed by atoms with van der Waals surface area (Å²) in [7, 11) is 1.74. The van der Waals surface area contributed by atoms with Crippen LogP contribution < -0.4 is 10.6 Å². The van der Waals surface area contributed by atoms with Gasteiger partial charge in [-0.15, -0.1) is 0 Å². The van der Waals surface area contributed by atoms with Crippen LogP contribution in [0.4, 0.5) is 11.4 Å². The van der Waals surface area contributed by atoms with E-state index in [9.17, 15) is 9.59 Å². The van der Waals surface area contributed by atoms with Crippen molar-refractivity contribution in [1.82, 2.24) is 9.78 Å². The van der Waals surface area contributed by atoms with Crippen LogP contribution in [-0.4, -0.2) is 21.6 Å². The topological polar surface area (TPSA) is 76.0 Å². The zero-order valence-corrected chi connectivity index (χ0v) is 12.6. The van der Waals surface area contributed by atoms with Crippen molar-refractivity contribution in [3.8, 4) is 0 Å². The fraction of sp³-hybridized carbons (Fsp3) is 0.312. The number of fused-ring (bicyclic) bond motifs is 1. The summed E-state index contributed by atoms with van der Waals surface area (Å²) in [6, 6.07) is 7.30. The fourth-order valence-corrected chi connectivity index (χ4v) is 2.67. The van der Waals surface area contributed by atoms with Gasteiger partial charge in [-0.1, -0.05) is 0 Å². The number of nitrogens with one attached hydrogen (secondary N) is 2. The minimum atomic E-state index is -0.194. The monoisotopic (exact) mass is 298 g/mol. The summed E-state index contributed by atoms with van der Waals surface area (Å²) in [5, 5.41) is 9.94. The van der Waals surface area contributed by atoms with Gasteiger partial charge in [0.1, 0.15) is 5.69 Å². The molecule has 1 aliphatic rings. The van der Waals surface area contributed by atoms with E-state index in [-0.39, 0.29) is 11.8 Å². The van der Waals surface area contributed by atoms with Crippen LogP contribution >= 0.6 is 0 Å². The molecule has 0 saturated carbocycles. The largest absolute Gasteiger partial charge is 0.326 e. The Morgan fingerprint density at radius 3 is 2.86 bits per heavy atom. The minimum absolute atomic E-state index is 0.0425. The smallest absolute Gasteiger partial charge is 0.273 e. The van der Waals surface area contributed by atoms with Gasteiger partial charge in [-0.3, -0.25) is 14.3 Å². The molecule has 0 radical (unpaired) electrons. The van der Waals surface area contributed by atoms with Gasteiger partial charge in [0.2, 0.25) is 5.91 Å². The van der Waals surface area contributed by atoms with E-state index < -0.39 is 0 Å². The summed E-state index contributed by atoms with van der Waals surface area (Å²) in [6.45, 7) is 1.85. The summed E-state index contributed by atoms with van der Waals surface area (Å²) in [6.07, 6.45) is 2.17. The Morgan fingerprint density at radius 2 is 2.14 bits per heavy atom. The molecule has 0 atom stereocenters. The van der Waals surface area contributed by atoms with Crippen LogP contribution in [0.1, 0.15) is 34.6 Å². The molecule has 0 spiro atoms. The number of hydrogen-bond donors (Lipinski definition) is 2. The van der Waals surface area contributed by atoms with Crippen LogP contribution in [0.3, 0.4) is 0 Å². The normalized spacial score (nSPS) is 14.0. The lowest BCUT2D eigenvalue weighted by Crippen LogP contribution is -2.16. The Bertz CT molecular complexity index is 749. The summed E-state index contributed by atoms with van der Waals surface area (Å²) in [4.78, 5) is 23.8. The summed E-state index contributed by atoms with van der Waals surface area (Å²) in [5.41, 5.74) is 3.92. The molecule has 6 nitrogen and oxygen atoms in total. The van der Waals surface area contributed by atoms with E-state index in [1.54, 1.807) is 23.9 Å². The Labute approximate surface area is 128 Å². The number of rotatable bonds is 2. The van der Waals surface area contributed by atoms with E-state index in [1.807, 2.05) is 19.1 Å². The van der Waals surface area contributed by atoms with Crippen molar-refractivity contribution in [3.63, 3.8) is 0 Å². The molecule has 0 saturated heterocycles. The van der Waals surface area contributed by atoms with Gasteiger partial charge >= 0.3 is 0 Å². The van der Waals surface area contributed by atoms with Gasteiger partial charge in [0.15, 0.2) is 0 Å². The summed E-state index contributed by atoms with van der Waals surface area (Å²) < 4.78 is 1.56. The Hall–Kier alpha value is -2.63. The Morgan fingerprint density at radius 1 is 1.32 bits per heavy atom. The van der Waals surface area contributed by atoms with Gasteiger partial charge < -0.3 is 10.6 Å². The first-order valence-corrected chi connectivity index (χ1v) is 7.28. The van der Waals surface area contributed by atoms with Crippen molar-refractivity contribution < 1.29 is 9.59 Å². The number of aromatic nitrogens is 2. The van der Waals surface area contributed by atoms with E-state index in [1.165, 1.54) is 0 Å². The number of aryl methyl sites for hydroxylation is 3. The zero-order chi connectivity index (χ0) is 15.7. The van der Waals surface area contributed by atoms with Crippen LogP contribution in [0.2, 0.25) is 0 Å². The highest BCUT2D eigenvalue weighted by molar-refractivity contribution is 6.03. The Balaban J connectivity index is 1.81. The molecule has 2 amide bonds. The first-order chi connectivity index (χ1) is 10.5. The third-order valence-corrected chi connectivity index (χ3v) is 3.72. The fourth-order valence-electron chi connectivity index (χ4n) is 2.67. The molecule has 2 heterocycles. The third-order valence-electron chi connectivity index (χ3n) is 3.72. The second-order valence-corrected chi connectivity index (χ2v) is 5.52. The van der Waals surface area contributed by atoms with Crippen molar-refractivity contribution in [1.29, 1.82) is 0 Å². The van der Waals surface area contributed by atoms with Gasteiger partial charge in [0.05, 0.1) is 5.69 Å². The SMILES string of the molecule is Cc1cc(C(=O)Nc2ccc3c(c2)CCCC(=O)N3)n(C)n1. The average molecular weight is 298 g/mol. The van der Waals surface area contributed by atoms with Gasteiger partial charge in [-0.05, 0) is 49.6 Å². The molecular weight excluding hydrogens is 280 g/mol. The maximum atomic E-state index is 12.3. The number of amides is 2. The predicted molar refractivity (Wildman–Crippen MR) is 83.9 cm³/mol. The second-order valence-electron chi connectivity index (χ2n) is 5.52. The molecule has 6 heteroatoms. The first-order valence-electron chi connectivity index (χ1n) is 7.28. The van der Waals surface area contributed by atoms with Crippen molar-refractivity contribution in [2.45, 2.75) is 26.2 Å². The highest BCUT2D eigenvalue weighted by atomic mass is 16.2. The number of anilines is 2. The number of hydrogen-bond acceptors (Lipinski definition) is 3. The van der Waals surface area contributed by atoms with E-state index in [0.29, 0.717) is 12.1 Å². The van der Waals surface area contributed by atoms with Crippen molar-refractivity contribution in [3.05, 3.63) is 41.2 Å². The highest BCUT2D eigenvalue weighted by Gasteiger charge is 2.15. The average Bonchev–Trinajstić information content (AvgIpc) is 2.69. The molecule has 0 fully saturated rings. The van der Waals surface area contributed by atoms with Gasteiger partial charge in [0, 0.05) is 24.8 Å². The Kier molecular flexibility index (Phi) is 3.66. The number of carbonyl (C=O) groups excluding carboxylic acids is 2. The van der Waals surface area contributed by atoms with E-state index in [4.69, 9.17) is 0 Å². The standard InChI is InChI=1S/C16H18N4O2/c1-10-8-14(20(2)19-10)16(22)17-12-6-7-13-11(9-12)4-3-5-15(21)18-13/h6-9H,3-5H2,1-2H3,(H,17,22)(H,18,21). The number of nitrogens with zero attached hydrogens (tertiary/aromatic N) is 2. The molecular formula is C16H18N4O2. The molecule has 1 aromatic carbocycles. The third kappa shape index (κ3) is 2.86. The summed E-state index contributed by atoms with van der Waals surface area (Å²) in [5.74, 6) is -0.151.